The summed E-state index contributed by atoms with van der Waals surface area (Å²) in [5.74, 6) is -1.08. The van der Waals surface area contributed by atoms with Crippen molar-refractivity contribution in [1.29, 1.82) is 0 Å². The number of nitrogens with zero attached hydrogens (tertiary/aromatic N) is 1. The molecule has 5 nitrogen and oxygen atoms in total. The monoisotopic (exact) mass is 412 g/mol. The predicted octanol–water partition coefficient (Wildman–Crippen LogP) is 5.05. The van der Waals surface area contributed by atoms with Gasteiger partial charge in [-0.25, -0.2) is 9.78 Å². The first kappa shape index (κ1) is 19.8. The zero-order valence-corrected chi connectivity index (χ0v) is 16.5. The van der Waals surface area contributed by atoms with Crippen molar-refractivity contribution in [2.75, 3.05) is 5.32 Å². The lowest BCUT2D eigenvalue weighted by molar-refractivity contribution is -0.148. The van der Waals surface area contributed by atoms with Crippen LogP contribution >= 0.6 is 22.9 Å². The summed E-state index contributed by atoms with van der Waals surface area (Å²) in [5, 5.41) is 5.49. The Kier molecular flexibility index (Phi) is 6.57. The molecule has 1 heterocycles. The van der Waals surface area contributed by atoms with Crippen molar-refractivity contribution in [3.8, 4) is 11.3 Å². The van der Waals surface area contributed by atoms with Crippen LogP contribution in [0.1, 0.15) is 12.5 Å². The SMILES string of the molecule is C[C@@H](OC(=O)/C=C/c1ccccc1Cl)C(=O)Nc1nc(-c2ccccc2)cs1. The van der Waals surface area contributed by atoms with E-state index in [0.717, 1.165) is 11.3 Å². The maximum absolute atomic E-state index is 12.3. The average Bonchev–Trinajstić information content (AvgIpc) is 3.16. The van der Waals surface area contributed by atoms with E-state index in [9.17, 15) is 9.59 Å². The minimum atomic E-state index is -0.965. The van der Waals surface area contributed by atoms with E-state index in [1.54, 1.807) is 24.3 Å². The number of aromatic nitrogens is 1. The number of nitrogens with one attached hydrogen (secondary N) is 1. The lowest BCUT2D eigenvalue weighted by atomic mass is 10.2. The molecule has 142 valence electrons. The number of carbonyl (C=O) groups is 2. The van der Waals surface area contributed by atoms with Crippen LogP contribution in [0.2, 0.25) is 5.02 Å². The number of rotatable bonds is 6. The van der Waals surface area contributed by atoms with Gasteiger partial charge in [0.25, 0.3) is 5.91 Å². The van der Waals surface area contributed by atoms with Crippen LogP contribution in [0.3, 0.4) is 0 Å². The van der Waals surface area contributed by atoms with Gasteiger partial charge < -0.3 is 4.74 Å². The highest BCUT2D eigenvalue weighted by atomic mass is 35.5. The second kappa shape index (κ2) is 9.30. The van der Waals surface area contributed by atoms with Gasteiger partial charge in [-0.05, 0) is 24.6 Å². The Morgan fingerprint density at radius 1 is 1.14 bits per heavy atom. The molecule has 1 N–H and O–H groups in total. The van der Waals surface area contributed by atoms with E-state index in [1.165, 1.54) is 24.3 Å². The van der Waals surface area contributed by atoms with Gasteiger partial charge in [0, 0.05) is 22.0 Å². The van der Waals surface area contributed by atoms with Crippen molar-refractivity contribution < 1.29 is 14.3 Å². The number of esters is 1. The third-order valence-electron chi connectivity index (χ3n) is 3.77. The Bertz CT molecular complexity index is 1000. The van der Waals surface area contributed by atoms with Crippen molar-refractivity contribution in [2.45, 2.75) is 13.0 Å². The second-order valence-corrected chi connectivity index (χ2v) is 7.09. The lowest BCUT2D eigenvalue weighted by Gasteiger charge is -2.10. The van der Waals surface area contributed by atoms with Crippen molar-refractivity contribution in [2.24, 2.45) is 0 Å². The van der Waals surface area contributed by atoms with Crippen LogP contribution < -0.4 is 5.32 Å². The fourth-order valence-corrected chi connectivity index (χ4v) is 3.24. The second-order valence-electron chi connectivity index (χ2n) is 5.83. The van der Waals surface area contributed by atoms with Crippen LogP contribution in [0.4, 0.5) is 5.13 Å². The van der Waals surface area contributed by atoms with Crippen molar-refractivity contribution in [1.82, 2.24) is 4.98 Å². The molecule has 0 radical (unpaired) electrons. The van der Waals surface area contributed by atoms with E-state index < -0.39 is 18.0 Å². The van der Waals surface area contributed by atoms with Crippen LogP contribution in [0.25, 0.3) is 17.3 Å². The average molecular weight is 413 g/mol. The molecule has 28 heavy (non-hydrogen) atoms. The Labute approximate surface area is 171 Å². The minimum Gasteiger partial charge on any atom is -0.449 e. The molecule has 3 rings (SSSR count). The first-order valence-electron chi connectivity index (χ1n) is 8.48. The zero-order chi connectivity index (χ0) is 19.9. The first-order valence-corrected chi connectivity index (χ1v) is 9.74. The predicted molar refractivity (Wildman–Crippen MR) is 112 cm³/mol. The summed E-state index contributed by atoms with van der Waals surface area (Å²) in [6, 6.07) is 16.8. The van der Waals surface area contributed by atoms with Crippen molar-refractivity contribution in [3.05, 3.63) is 76.6 Å². The summed E-state index contributed by atoms with van der Waals surface area (Å²) in [5.41, 5.74) is 2.42. The van der Waals surface area contributed by atoms with E-state index in [1.807, 2.05) is 41.8 Å². The Balaban J connectivity index is 1.55. The van der Waals surface area contributed by atoms with Gasteiger partial charge in [0.2, 0.25) is 0 Å². The summed E-state index contributed by atoms with van der Waals surface area (Å²) in [6.07, 6.45) is 1.82. The number of benzene rings is 2. The number of hydrogen-bond donors (Lipinski definition) is 1. The maximum atomic E-state index is 12.3. The number of thiazole rings is 1. The molecular formula is C21H17ClN2O3S. The minimum absolute atomic E-state index is 0.443. The van der Waals surface area contributed by atoms with Gasteiger partial charge in [-0.15, -0.1) is 11.3 Å². The molecule has 0 aliphatic heterocycles. The molecule has 0 aliphatic carbocycles. The molecule has 1 aromatic heterocycles. The molecule has 0 saturated carbocycles. The molecule has 0 spiro atoms. The summed E-state index contributed by atoms with van der Waals surface area (Å²) >= 11 is 7.33. The standard InChI is InChI=1S/C21H17ClN2O3S/c1-14(27-19(25)12-11-15-7-5-6-10-17(15)22)20(26)24-21-23-18(13-28-21)16-8-3-2-4-9-16/h2-14H,1H3,(H,23,24,26)/b12-11+/t14-/m1/s1. The van der Waals surface area contributed by atoms with Gasteiger partial charge >= 0.3 is 5.97 Å². The quantitative estimate of drug-likeness (QED) is 0.454. The van der Waals surface area contributed by atoms with Crippen molar-refractivity contribution >= 4 is 46.0 Å². The van der Waals surface area contributed by atoms with E-state index in [2.05, 4.69) is 10.3 Å². The fraction of sp³-hybridized carbons (Fsp3) is 0.0952. The molecule has 0 bridgehead atoms. The van der Waals surface area contributed by atoms with Gasteiger partial charge in [-0.3, -0.25) is 10.1 Å². The van der Waals surface area contributed by atoms with Crippen LogP contribution in [0.5, 0.6) is 0 Å². The Morgan fingerprint density at radius 3 is 2.61 bits per heavy atom. The van der Waals surface area contributed by atoms with Gasteiger partial charge in [-0.2, -0.15) is 0 Å². The number of ether oxygens (including phenoxy) is 1. The summed E-state index contributed by atoms with van der Waals surface area (Å²) in [4.78, 5) is 28.6. The highest BCUT2D eigenvalue weighted by Crippen LogP contribution is 2.24. The highest BCUT2D eigenvalue weighted by molar-refractivity contribution is 7.14. The highest BCUT2D eigenvalue weighted by Gasteiger charge is 2.18. The Morgan fingerprint density at radius 2 is 1.86 bits per heavy atom. The molecule has 0 aliphatic rings. The summed E-state index contributed by atoms with van der Waals surface area (Å²) in [6.45, 7) is 1.50. The largest absolute Gasteiger partial charge is 0.449 e. The molecule has 2 aromatic carbocycles. The molecule has 1 amide bonds. The molecular weight excluding hydrogens is 396 g/mol. The molecule has 0 saturated heterocycles. The third-order valence-corrected chi connectivity index (χ3v) is 4.87. The van der Waals surface area contributed by atoms with E-state index >= 15 is 0 Å². The van der Waals surface area contributed by atoms with Crippen LogP contribution in [-0.2, 0) is 14.3 Å². The molecule has 0 fully saturated rings. The van der Waals surface area contributed by atoms with Crippen LogP contribution in [-0.4, -0.2) is 23.0 Å². The normalized spacial score (nSPS) is 11.9. The first-order chi connectivity index (χ1) is 13.5. The van der Waals surface area contributed by atoms with E-state index in [-0.39, 0.29) is 0 Å². The molecule has 1 atom stereocenters. The van der Waals surface area contributed by atoms with Gasteiger partial charge in [-0.1, -0.05) is 60.1 Å². The number of carbonyl (C=O) groups excluding carboxylic acids is 2. The number of hydrogen-bond acceptors (Lipinski definition) is 5. The molecule has 0 unspecified atom stereocenters. The Hall–Kier alpha value is -2.96. The zero-order valence-electron chi connectivity index (χ0n) is 15.0. The van der Waals surface area contributed by atoms with Crippen LogP contribution in [0, 0.1) is 0 Å². The number of amides is 1. The van der Waals surface area contributed by atoms with Gasteiger partial charge in [0.05, 0.1) is 5.69 Å². The number of anilines is 1. The van der Waals surface area contributed by atoms with Crippen LogP contribution in [0.15, 0.2) is 66.1 Å². The van der Waals surface area contributed by atoms with E-state index in [0.29, 0.717) is 15.7 Å². The molecule has 3 aromatic rings. The fourth-order valence-electron chi connectivity index (χ4n) is 2.31. The summed E-state index contributed by atoms with van der Waals surface area (Å²) in [7, 11) is 0. The van der Waals surface area contributed by atoms with Crippen molar-refractivity contribution in [3.63, 3.8) is 0 Å². The third kappa shape index (κ3) is 5.28. The smallest absolute Gasteiger partial charge is 0.331 e. The lowest BCUT2D eigenvalue weighted by Crippen LogP contribution is -2.29. The number of halogens is 1. The topological polar surface area (TPSA) is 68.3 Å². The van der Waals surface area contributed by atoms with Gasteiger partial charge in [0.15, 0.2) is 11.2 Å². The summed E-state index contributed by atoms with van der Waals surface area (Å²) < 4.78 is 5.13. The molecule has 7 heteroatoms. The van der Waals surface area contributed by atoms with E-state index in [4.69, 9.17) is 16.3 Å². The van der Waals surface area contributed by atoms with Gasteiger partial charge in [0.1, 0.15) is 0 Å². The maximum Gasteiger partial charge on any atom is 0.331 e.